The molecule has 0 atom stereocenters. The fraction of sp³-hybridized carbons (Fsp3) is 0.0952. The number of carbonyl (C=O) groups is 1. The summed E-state index contributed by atoms with van der Waals surface area (Å²) in [4.78, 5) is 30.0. The van der Waals surface area contributed by atoms with Gasteiger partial charge in [0.1, 0.15) is 5.76 Å². The van der Waals surface area contributed by atoms with Crippen molar-refractivity contribution in [1.29, 1.82) is 0 Å². The Morgan fingerprint density at radius 2 is 1.84 bits per heavy atom. The third kappa shape index (κ3) is 4.90. The van der Waals surface area contributed by atoms with E-state index in [9.17, 15) is 18.0 Å². The third-order valence-corrected chi connectivity index (χ3v) is 6.43. The highest BCUT2D eigenvalue weighted by Gasteiger charge is 2.15. The van der Waals surface area contributed by atoms with E-state index in [2.05, 4.69) is 10.3 Å². The zero-order valence-corrected chi connectivity index (χ0v) is 18.2. The van der Waals surface area contributed by atoms with Gasteiger partial charge in [0, 0.05) is 5.69 Å². The second kappa shape index (κ2) is 8.99. The van der Waals surface area contributed by atoms with E-state index in [1.54, 1.807) is 36.4 Å². The zero-order valence-electron chi connectivity index (χ0n) is 16.6. The van der Waals surface area contributed by atoms with Crippen LogP contribution in [0.25, 0.3) is 10.9 Å². The van der Waals surface area contributed by atoms with Crippen molar-refractivity contribution in [2.75, 3.05) is 11.1 Å². The van der Waals surface area contributed by atoms with Gasteiger partial charge >= 0.3 is 0 Å². The number of fused-ring (bicyclic) bond motifs is 1. The van der Waals surface area contributed by atoms with Crippen molar-refractivity contribution in [1.82, 2.24) is 9.55 Å². The van der Waals surface area contributed by atoms with Crippen molar-refractivity contribution in [3.8, 4) is 0 Å². The van der Waals surface area contributed by atoms with Crippen LogP contribution in [0.4, 0.5) is 5.69 Å². The van der Waals surface area contributed by atoms with Crippen LogP contribution in [-0.2, 0) is 21.4 Å². The first-order valence-electron chi connectivity index (χ1n) is 9.39. The van der Waals surface area contributed by atoms with Crippen LogP contribution in [0.5, 0.6) is 0 Å². The lowest BCUT2D eigenvalue weighted by atomic mass is 10.2. The van der Waals surface area contributed by atoms with E-state index >= 15 is 0 Å². The SMILES string of the molecule is NS(=O)(=O)c1ccc(NC(=O)CSc2nc3ccccc3c(=O)n2Cc2ccco2)cc1. The molecule has 0 unspecified atom stereocenters. The number of primary sulfonamides is 1. The van der Waals surface area contributed by atoms with E-state index in [-0.39, 0.29) is 28.7 Å². The van der Waals surface area contributed by atoms with Gasteiger partial charge in [-0.2, -0.15) is 0 Å². The molecule has 32 heavy (non-hydrogen) atoms. The molecule has 0 spiro atoms. The second-order valence-electron chi connectivity index (χ2n) is 6.79. The monoisotopic (exact) mass is 470 g/mol. The van der Waals surface area contributed by atoms with Crippen molar-refractivity contribution in [2.45, 2.75) is 16.6 Å². The molecule has 0 radical (unpaired) electrons. The number of hydrogen-bond acceptors (Lipinski definition) is 7. The van der Waals surface area contributed by atoms with Crippen LogP contribution < -0.4 is 16.0 Å². The highest BCUT2D eigenvalue weighted by Crippen LogP contribution is 2.20. The minimum atomic E-state index is -3.81. The summed E-state index contributed by atoms with van der Waals surface area (Å²) in [5.74, 6) is 0.232. The fourth-order valence-electron chi connectivity index (χ4n) is 3.01. The van der Waals surface area contributed by atoms with Crippen LogP contribution in [0.15, 0.2) is 86.2 Å². The number of carbonyl (C=O) groups excluding carboxylic acids is 1. The first kappa shape index (κ1) is 21.8. The maximum Gasteiger partial charge on any atom is 0.262 e. The smallest absolute Gasteiger partial charge is 0.262 e. The topological polar surface area (TPSA) is 137 Å². The van der Waals surface area contributed by atoms with Gasteiger partial charge in [-0.05, 0) is 48.5 Å². The minimum Gasteiger partial charge on any atom is -0.467 e. The Hall–Kier alpha value is -3.41. The number of aromatic nitrogens is 2. The lowest BCUT2D eigenvalue weighted by molar-refractivity contribution is -0.113. The molecule has 164 valence electrons. The predicted octanol–water partition coefficient (Wildman–Crippen LogP) is 2.42. The number of rotatable bonds is 7. The van der Waals surface area contributed by atoms with E-state index in [0.717, 1.165) is 11.8 Å². The Bertz CT molecular complexity index is 1430. The lowest BCUT2D eigenvalue weighted by Crippen LogP contribution is -2.24. The Balaban J connectivity index is 1.54. The number of nitrogens with one attached hydrogen (secondary N) is 1. The number of para-hydroxylation sites is 1. The molecular weight excluding hydrogens is 452 g/mol. The molecule has 4 aromatic rings. The number of anilines is 1. The number of furan rings is 1. The molecule has 0 bridgehead atoms. The van der Waals surface area contributed by atoms with Crippen LogP contribution in [0.1, 0.15) is 5.76 Å². The van der Waals surface area contributed by atoms with Gasteiger partial charge in [-0.3, -0.25) is 14.2 Å². The van der Waals surface area contributed by atoms with Crippen LogP contribution in [-0.4, -0.2) is 29.6 Å². The van der Waals surface area contributed by atoms with E-state index in [1.165, 1.54) is 35.1 Å². The Morgan fingerprint density at radius 3 is 2.53 bits per heavy atom. The molecule has 9 nitrogen and oxygen atoms in total. The van der Waals surface area contributed by atoms with Crippen molar-refractivity contribution >= 4 is 44.3 Å². The average Bonchev–Trinajstić information content (AvgIpc) is 3.27. The van der Waals surface area contributed by atoms with E-state index in [0.29, 0.717) is 27.5 Å². The van der Waals surface area contributed by atoms with Gasteiger partial charge in [0.25, 0.3) is 5.56 Å². The van der Waals surface area contributed by atoms with Gasteiger partial charge in [-0.1, -0.05) is 23.9 Å². The number of amides is 1. The molecule has 4 rings (SSSR count). The van der Waals surface area contributed by atoms with Crippen molar-refractivity contribution < 1.29 is 17.6 Å². The number of sulfonamides is 1. The average molecular weight is 471 g/mol. The molecule has 3 N–H and O–H groups in total. The standard InChI is InChI=1S/C21H18N4O5S2/c22-32(28,29)16-9-7-14(8-10-16)23-19(26)13-31-21-24-18-6-2-1-5-17(18)20(27)25(21)12-15-4-3-11-30-15/h1-11H,12-13H2,(H,23,26)(H2,22,28,29). The molecule has 2 aromatic heterocycles. The number of hydrogen-bond donors (Lipinski definition) is 2. The molecule has 0 saturated heterocycles. The summed E-state index contributed by atoms with van der Waals surface area (Å²) >= 11 is 1.11. The van der Waals surface area contributed by atoms with Gasteiger partial charge in [0.15, 0.2) is 5.16 Å². The van der Waals surface area contributed by atoms with Crippen LogP contribution >= 0.6 is 11.8 Å². The fourth-order valence-corrected chi connectivity index (χ4v) is 4.32. The van der Waals surface area contributed by atoms with Crippen LogP contribution in [0.2, 0.25) is 0 Å². The molecule has 0 fully saturated rings. The maximum absolute atomic E-state index is 13.0. The normalized spacial score (nSPS) is 11.5. The number of thioether (sulfide) groups is 1. The van der Waals surface area contributed by atoms with Crippen molar-refractivity contribution in [3.63, 3.8) is 0 Å². The van der Waals surface area contributed by atoms with Crippen molar-refractivity contribution in [2.24, 2.45) is 5.14 Å². The van der Waals surface area contributed by atoms with Crippen LogP contribution in [0, 0.1) is 0 Å². The summed E-state index contributed by atoms with van der Waals surface area (Å²) in [7, 11) is -3.81. The van der Waals surface area contributed by atoms with E-state index < -0.39 is 10.0 Å². The summed E-state index contributed by atoms with van der Waals surface area (Å²) in [6, 6.07) is 16.0. The Morgan fingerprint density at radius 1 is 1.09 bits per heavy atom. The van der Waals surface area contributed by atoms with Gasteiger partial charge in [0.2, 0.25) is 15.9 Å². The predicted molar refractivity (Wildman–Crippen MR) is 121 cm³/mol. The Labute approximate surface area is 187 Å². The van der Waals surface area contributed by atoms with E-state index in [4.69, 9.17) is 9.56 Å². The van der Waals surface area contributed by atoms with E-state index in [1.807, 2.05) is 0 Å². The largest absolute Gasteiger partial charge is 0.467 e. The van der Waals surface area contributed by atoms with Gasteiger partial charge < -0.3 is 9.73 Å². The molecule has 11 heteroatoms. The molecule has 0 aliphatic rings. The van der Waals surface area contributed by atoms with Gasteiger partial charge in [0.05, 0.1) is 34.4 Å². The summed E-state index contributed by atoms with van der Waals surface area (Å²) in [6.07, 6.45) is 1.52. The molecule has 2 aromatic carbocycles. The molecule has 0 aliphatic heterocycles. The highest BCUT2D eigenvalue weighted by molar-refractivity contribution is 7.99. The first-order chi connectivity index (χ1) is 15.3. The van der Waals surface area contributed by atoms with Crippen molar-refractivity contribution in [3.05, 3.63) is 83.0 Å². The molecule has 2 heterocycles. The molecule has 0 saturated carbocycles. The summed E-state index contributed by atoms with van der Waals surface area (Å²) in [6.45, 7) is 0.183. The lowest BCUT2D eigenvalue weighted by Gasteiger charge is -2.12. The summed E-state index contributed by atoms with van der Waals surface area (Å²) in [5.41, 5.74) is 0.727. The molecule has 1 amide bonds. The highest BCUT2D eigenvalue weighted by atomic mass is 32.2. The molecule has 0 aliphatic carbocycles. The minimum absolute atomic E-state index is 0.0140. The number of nitrogens with two attached hydrogens (primary N) is 1. The first-order valence-corrected chi connectivity index (χ1v) is 11.9. The molecular formula is C21H18N4O5S2. The quantitative estimate of drug-likeness (QED) is 0.312. The maximum atomic E-state index is 13.0. The third-order valence-electron chi connectivity index (χ3n) is 4.52. The summed E-state index contributed by atoms with van der Waals surface area (Å²) < 4.78 is 29.5. The van der Waals surface area contributed by atoms with Gasteiger partial charge in [-0.15, -0.1) is 0 Å². The van der Waals surface area contributed by atoms with Gasteiger partial charge in [-0.25, -0.2) is 18.5 Å². The van der Waals surface area contributed by atoms with Crippen LogP contribution in [0.3, 0.4) is 0 Å². The zero-order chi connectivity index (χ0) is 22.7. The second-order valence-corrected chi connectivity index (χ2v) is 9.29. The number of benzene rings is 2. The summed E-state index contributed by atoms with van der Waals surface area (Å²) in [5, 5.41) is 8.61. The Kier molecular flexibility index (Phi) is 6.12. The number of nitrogens with zero attached hydrogens (tertiary/aromatic N) is 2.